The molecule has 2 aromatic carbocycles. The van der Waals surface area contributed by atoms with Gasteiger partial charge in [0.25, 0.3) is 0 Å². The van der Waals surface area contributed by atoms with Crippen LogP contribution in [0.1, 0.15) is 32.3 Å². The molecule has 0 bridgehead atoms. The van der Waals surface area contributed by atoms with Gasteiger partial charge in [-0.2, -0.15) is 4.31 Å². The number of likely N-dealkylation sites (N-methyl/N-ethyl adjacent to an activating group) is 1. The average molecular weight is 494 g/mol. The molecular formula is C24H32ClN3O4S. The van der Waals surface area contributed by atoms with Crippen LogP contribution in [0, 0.1) is 0 Å². The number of nitrogens with zero attached hydrogens (tertiary/aromatic N) is 2. The molecule has 2 aromatic rings. The van der Waals surface area contributed by atoms with Crippen LogP contribution >= 0.6 is 11.6 Å². The molecule has 2 rings (SSSR count). The number of carbonyl (C=O) groups is 2. The van der Waals surface area contributed by atoms with E-state index in [-0.39, 0.29) is 17.3 Å². The summed E-state index contributed by atoms with van der Waals surface area (Å²) in [6, 6.07) is 14.7. The second-order valence-corrected chi connectivity index (χ2v) is 10.3. The maximum atomic E-state index is 13.2. The molecule has 0 aliphatic carbocycles. The first-order valence-corrected chi connectivity index (χ1v) is 12.8. The van der Waals surface area contributed by atoms with Crippen molar-refractivity contribution < 1.29 is 18.0 Å². The molecule has 0 radical (unpaired) electrons. The number of amides is 2. The summed E-state index contributed by atoms with van der Waals surface area (Å²) in [7, 11) is -2.54. The molecule has 0 fully saturated rings. The Morgan fingerprint density at radius 2 is 1.70 bits per heavy atom. The molecule has 0 heterocycles. The third-order valence-electron chi connectivity index (χ3n) is 5.36. The van der Waals surface area contributed by atoms with Crippen LogP contribution in [0.2, 0.25) is 5.02 Å². The quantitative estimate of drug-likeness (QED) is 0.459. The summed E-state index contributed by atoms with van der Waals surface area (Å²) in [4.78, 5) is 27.4. The highest BCUT2D eigenvalue weighted by atomic mass is 35.5. The van der Waals surface area contributed by atoms with Gasteiger partial charge in [-0.3, -0.25) is 9.59 Å². The first-order valence-electron chi connectivity index (χ1n) is 11.0. The molecule has 2 amide bonds. The fourth-order valence-electron chi connectivity index (χ4n) is 3.26. The number of benzene rings is 2. The van der Waals surface area contributed by atoms with E-state index in [1.807, 2.05) is 37.3 Å². The van der Waals surface area contributed by atoms with Gasteiger partial charge in [-0.15, -0.1) is 0 Å². The van der Waals surface area contributed by atoms with Crippen molar-refractivity contribution in [1.29, 1.82) is 0 Å². The third kappa shape index (κ3) is 7.84. The number of hydrogen-bond acceptors (Lipinski definition) is 4. The second kappa shape index (κ2) is 12.7. The summed E-state index contributed by atoms with van der Waals surface area (Å²) in [5, 5.41) is 3.27. The fourth-order valence-corrected chi connectivity index (χ4v) is 4.51. The summed E-state index contributed by atoms with van der Waals surface area (Å²) in [5.41, 5.74) is 1.02. The minimum Gasteiger partial charge on any atom is -0.354 e. The van der Waals surface area contributed by atoms with Gasteiger partial charge >= 0.3 is 0 Å². The largest absolute Gasteiger partial charge is 0.354 e. The second-order valence-electron chi connectivity index (χ2n) is 7.86. The topological polar surface area (TPSA) is 86.8 Å². The first-order chi connectivity index (χ1) is 15.7. The van der Waals surface area contributed by atoms with E-state index in [1.54, 1.807) is 6.92 Å². The number of halogens is 1. The molecule has 1 N–H and O–H groups in total. The lowest BCUT2D eigenvalue weighted by molar-refractivity contribution is -0.139. The lowest BCUT2D eigenvalue weighted by atomic mass is 10.1. The number of nitrogens with one attached hydrogen (secondary N) is 1. The molecule has 0 aliphatic rings. The van der Waals surface area contributed by atoms with Crippen molar-refractivity contribution in [2.45, 2.75) is 44.0 Å². The lowest BCUT2D eigenvalue weighted by Gasteiger charge is -2.30. The minimum atomic E-state index is -3.89. The normalized spacial score (nSPS) is 12.4. The number of hydrogen-bond donors (Lipinski definition) is 1. The van der Waals surface area contributed by atoms with Crippen molar-refractivity contribution in [1.82, 2.24) is 14.5 Å². The van der Waals surface area contributed by atoms with Gasteiger partial charge in [-0.1, -0.05) is 55.3 Å². The highest BCUT2D eigenvalue weighted by molar-refractivity contribution is 7.89. The predicted octanol–water partition coefficient (Wildman–Crippen LogP) is 3.34. The van der Waals surface area contributed by atoms with Crippen LogP contribution in [0.5, 0.6) is 0 Å². The van der Waals surface area contributed by atoms with Crippen LogP contribution in [-0.2, 0) is 26.0 Å². The molecule has 1 unspecified atom stereocenters. The fraction of sp³-hybridized carbons (Fsp3) is 0.417. The Labute approximate surface area is 201 Å². The summed E-state index contributed by atoms with van der Waals surface area (Å²) in [6.07, 6.45) is 2.34. The van der Waals surface area contributed by atoms with E-state index in [1.165, 1.54) is 36.2 Å². The minimum absolute atomic E-state index is 0.0448. The average Bonchev–Trinajstić information content (AvgIpc) is 2.80. The Hall–Kier alpha value is -2.42. The smallest absolute Gasteiger partial charge is 0.243 e. The summed E-state index contributed by atoms with van der Waals surface area (Å²) in [6.45, 7) is 4.14. The molecule has 0 aliphatic heterocycles. The molecule has 0 spiro atoms. The van der Waals surface area contributed by atoms with Crippen molar-refractivity contribution in [3.05, 3.63) is 65.2 Å². The molecule has 0 aromatic heterocycles. The van der Waals surface area contributed by atoms with E-state index in [4.69, 9.17) is 11.6 Å². The van der Waals surface area contributed by atoms with E-state index in [9.17, 15) is 18.0 Å². The zero-order valence-corrected chi connectivity index (χ0v) is 20.9. The van der Waals surface area contributed by atoms with E-state index in [2.05, 4.69) is 5.32 Å². The SMILES string of the molecule is CCCCNC(=O)C(C)N(CCc1ccccc1)C(=O)CN(C)S(=O)(=O)c1ccc(Cl)cc1. The number of unbranched alkanes of at least 4 members (excludes halogenated alkanes) is 1. The summed E-state index contributed by atoms with van der Waals surface area (Å²) < 4.78 is 26.8. The maximum Gasteiger partial charge on any atom is 0.243 e. The first kappa shape index (κ1) is 26.8. The summed E-state index contributed by atoms with van der Waals surface area (Å²) in [5.74, 6) is -0.697. The van der Waals surface area contributed by atoms with Crippen molar-refractivity contribution in [2.24, 2.45) is 0 Å². The van der Waals surface area contributed by atoms with Crippen molar-refractivity contribution in [2.75, 3.05) is 26.7 Å². The van der Waals surface area contributed by atoms with E-state index in [0.29, 0.717) is 24.5 Å². The van der Waals surface area contributed by atoms with E-state index >= 15 is 0 Å². The maximum absolute atomic E-state index is 13.2. The van der Waals surface area contributed by atoms with Gasteiger partial charge in [-0.05, 0) is 49.6 Å². The number of rotatable bonds is 12. The standard InChI is InChI=1S/C24H32ClN3O4S/c1-4-5-16-26-24(30)19(2)28(17-15-20-9-7-6-8-10-20)23(29)18-27(3)33(31,32)22-13-11-21(25)12-14-22/h6-14,19H,4-5,15-18H2,1-3H3,(H,26,30). The van der Waals surface area contributed by atoms with Gasteiger partial charge < -0.3 is 10.2 Å². The number of carbonyl (C=O) groups excluding carboxylic acids is 2. The van der Waals surface area contributed by atoms with Gasteiger partial charge in [0.1, 0.15) is 6.04 Å². The highest BCUT2D eigenvalue weighted by Gasteiger charge is 2.29. The van der Waals surface area contributed by atoms with E-state index in [0.717, 1.165) is 22.7 Å². The molecule has 7 nitrogen and oxygen atoms in total. The molecule has 1 atom stereocenters. The Morgan fingerprint density at radius 1 is 1.06 bits per heavy atom. The van der Waals surface area contributed by atoms with E-state index < -0.39 is 22.0 Å². The van der Waals surface area contributed by atoms with Gasteiger partial charge in [0.05, 0.1) is 11.4 Å². The monoisotopic (exact) mass is 493 g/mol. The lowest BCUT2D eigenvalue weighted by Crippen LogP contribution is -2.51. The Morgan fingerprint density at radius 3 is 2.30 bits per heavy atom. The molecule has 9 heteroatoms. The molecule has 180 valence electrons. The van der Waals surface area contributed by atoms with Crippen LogP contribution in [0.25, 0.3) is 0 Å². The molecule has 0 saturated heterocycles. The Balaban J connectivity index is 2.16. The summed E-state index contributed by atoms with van der Waals surface area (Å²) >= 11 is 5.86. The zero-order chi connectivity index (χ0) is 24.4. The van der Waals surface area contributed by atoms with Crippen LogP contribution in [-0.4, -0.2) is 62.2 Å². The third-order valence-corrected chi connectivity index (χ3v) is 7.43. The van der Waals surface area contributed by atoms with Crippen LogP contribution in [0.3, 0.4) is 0 Å². The zero-order valence-electron chi connectivity index (χ0n) is 19.3. The van der Waals surface area contributed by atoms with Gasteiger partial charge in [0, 0.05) is 25.2 Å². The van der Waals surface area contributed by atoms with Crippen LogP contribution in [0.4, 0.5) is 0 Å². The molecule has 33 heavy (non-hydrogen) atoms. The van der Waals surface area contributed by atoms with Crippen molar-refractivity contribution in [3.63, 3.8) is 0 Å². The van der Waals surface area contributed by atoms with Gasteiger partial charge in [0.2, 0.25) is 21.8 Å². The Bertz CT molecular complexity index is 1010. The van der Waals surface area contributed by atoms with Gasteiger partial charge in [0.15, 0.2) is 0 Å². The van der Waals surface area contributed by atoms with Gasteiger partial charge in [-0.25, -0.2) is 8.42 Å². The highest BCUT2D eigenvalue weighted by Crippen LogP contribution is 2.18. The van der Waals surface area contributed by atoms with Crippen LogP contribution < -0.4 is 5.32 Å². The molecular weight excluding hydrogens is 462 g/mol. The molecule has 0 saturated carbocycles. The predicted molar refractivity (Wildman–Crippen MR) is 131 cm³/mol. The Kier molecular flexibility index (Phi) is 10.3. The van der Waals surface area contributed by atoms with Crippen LogP contribution in [0.15, 0.2) is 59.5 Å². The number of sulfonamides is 1. The van der Waals surface area contributed by atoms with Crippen molar-refractivity contribution in [3.8, 4) is 0 Å². The van der Waals surface area contributed by atoms with Crippen molar-refractivity contribution >= 4 is 33.4 Å².